The van der Waals surface area contributed by atoms with E-state index in [1.807, 2.05) is 37.3 Å². The Bertz CT molecular complexity index is 984. The van der Waals surface area contributed by atoms with E-state index >= 15 is 0 Å². The van der Waals surface area contributed by atoms with E-state index in [0.717, 1.165) is 11.3 Å². The van der Waals surface area contributed by atoms with Crippen molar-refractivity contribution in [1.29, 1.82) is 0 Å². The molecule has 0 fully saturated rings. The number of benzene rings is 2. The lowest BCUT2D eigenvalue weighted by Crippen LogP contribution is -1.97. The van der Waals surface area contributed by atoms with E-state index in [0.29, 0.717) is 35.2 Å². The molecule has 0 atom stereocenters. The topological polar surface area (TPSA) is 57.9 Å². The zero-order valence-electron chi connectivity index (χ0n) is 16.1. The minimum atomic E-state index is -0.157. The van der Waals surface area contributed by atoms with Crippen LogP contribution >= 0.6 is 0 Å². The summed E-state index contributed by atoms with van der Waals surface area (Å²) in [4.78, 5) is 12.4. The number of carbonyl (C=O) groups is 1. The molecule has 0 bridgehead atoms. The Morgan fingerprint density at radius 2 is 1.75 bits per heavy atom. The minimum absolute atomic E-state index is 0.157. The molecule has 0 saturated heterocycles. The van der Waals surface area contributed by atoms with Gasteiger partial charge in [-0.1, -0.05) is 18.2 Å². The van der Waals surface area contributed by atoms with Gasteiger partial charge in [-0.25, -0.2) is 0 Å². The number of methoxy groups -OCH3 is 2. The summed E-state index contributed by atoms with van der Waals surface area (Å²) in [6.45, 7) is 2.31. The summed E-state index contributed by atoms with van der Waals surface area (Å²) in [6, 6.07) is 16.5. The summed E-state index contributed by atoms with van der Waals surface area (Å²) in [5.74, 6) is 3.01. The molecular weight excluding hydrogens is 356 g/mol. The third kappa shape index (κ3) is 4.62. The number of ketones is 1. The second-order valence-electron chi connectivity index (χ2n) is 6.13. The predicted octanol–water partition coefficient (Wildman–Crippen LogP) is 5.08. The molecule has 28 heavy (non-hydrogen) atoms. The number of allylic oxidation sites excluding steroid dienone is 1. The van der Waals surface area contributed by atoms with Gasteiger partial charge in [-0.2, -0.15) is 0 Å². The molecule has 3 rings (SSSR count). The SMILES string of the molecule is COc1ccc(C(=O)/C=C/c2ccc(COc3ccccc3C)o2)cc1OC. The van der Waals surface area contributed by atoms with Crippen molar-refractivity contribution in [3.8, 4) is 17.2 Å². The fraction of sp³-hybridized carbons (Fsp3) is 0.174. The lowest BCUT2D eigenvalue weighted by atomic mass is 10.1. The highest BCUT2D eigenvalue weighted by Gasteiger charge is 2.09. The maximum absolute atomic E-state index is 12.4. The molecule has 0 saturated carbocycles. The van der Waals surface area contributed by atoms with Crippen molar-refractivity contribution in [3.05, 3.63) is 83.3 Å². The van der Waals surface area contributed by atoms with Crippen LogP contribution in [0.15, 0.2) is 65.1 Å². The van der Waals surface area contributed by atoms with Crippen molar-refractivity contribution >= 4 is 11.9 Å². The first-order valence-electron chi connectivity index (χ1n) is 8.82. The second kappa shape index (κ2) is 8.95. The highest BCUT2D eigenvalue weighted by atomic mass is 16.5. The number of ether oxygens (including phenoxy) is 3. The van der Waals surface area contributed by atoms with E-state index in [-0.39, 0.29) is 5.78 Å². The summed E-state index contributed by atoms with van der Waals surface area (Å²) in [5, 5.41) is 0. The van der Waals surface area contributed by atoms with Crippen LogP contribution in [0.4, 0.5) is 0 Å². The monoisotopic (exact) mass is 378 g/mol. The first kappa shape index (κ1) is 19.3. The average molecular weight is 378 g/mol. The van der Waals surface area contributed by atoms with Crippen molar-refractivity contribution in [3.63, 3.8) is 0 Å². The molecule has 0 aliphatic heterocycles. The van der Waals surface area contributed by atoms with Crippen LogP contribution in [0.5, 0.6) is 17.2 Å². The quantitative estimate of drug-likeness (QED) is 0.404. The molecule has 0 unspecified atom stereocenters. The van der Waals surface area contributed by atoms with E-state index in [2.05, 4.69) is 0 Å². The van der Waals surface area contributed by atoms with Gasteiger partial charge < -0.3 is 18.6 Å². The molecule has 0 N–H and O–H groups in total. The molecule has 3 aromatic rings. The first-order chi connectivity index (χ1) is 13.6. The molecule has 0 amide bonds. The van der Waals surface area contributed by atoms with Crippen molar-refractivity contribution in [2.45, 2.75) is 13.5 Å². The largest absolute Gasteiger partial charge is 0.493 e. The van der Waals surface area contributed by atoms with Crippen molar-refractivity contribution in [2.75, 3.05) is 14.2 Å². The van der Waals surface area contributed by atoms with Crippen LogP contribution in [0, 0.1) is 6.92 Å². The maximum atomic E-state index is 12.4. The summed E-state index contributed by atoms with van der Waals surface area (Å²) >= 11 is 0. The normalized spacial score (nSPS) is 10.8. The van der Waals surface area contributed by atoms with Gasteiger partial charge in [0.05, 0.1) is 14.2 Å². The van der Waals surface area contributed by atoms with Gasteiger partial charge in [-0.3, -0.25) is 4.79 Å². The van der Waals surface area contributed by atoms with Crippen molar-refractivity contribution in [1.82, 2.24) is 0 Å². The van der Waals surface area contributed by atoms with Crippen LogP contribution in [0.25, 0.3) is 6.08 Å². The molecule has 0 spiro atoms. The Balaban J connectivity index is 1.63. The van der Waals surface area contributed by atoms with Crippen molar-refractivity contribution < 1.29 is 23.4 Å². The third-order valence-corrected chi connectivity index (χ3v) is 4.21. The molecular formula is C23H22O5. The summed E-state index contributed by atoms with van der Waals surface area (Å²) in [5.41, 5.74) is 1.57. The molecule has 0 aliphatic carbocycles. The van der Waals surface area contributed by atoms with Crippen LogP contribution in [0.2, 0.25) is 0 Å². The third-order valence-electron chi connectivity index (χ3n) is 4.21. The molecule has 1 aromatic heterocycles. The smallest absolute Gasteiger partial charge is 0.186 e. The van der Waals surface area contributed by atoms with Gasteiger partial charge in [0.2, 0.25) is 0 Å². The molecule has 1 heterocycles. The molecule has 5 heteroatoms. The standard InChI is InChI=1S/C23H22O5/c1-16-6-4-5-7-21(16)27-15-19-10-9-18(28-19)11-12-20(24)17-8-13-22(25-2)23(14-17)26-3/h4-14H,15H2,1-3H3/b12-11+. The zero-order chi connectivity index (χ0) is 19.9. The number of aryl methyl sites for hydroxylation is 1. The van der Waals surface area contributed by atoms with Crippen LogP contribution in [-0.2, 0) is 6.61 Å². The van der Waals surface area contributed by atoms with Crippen LogP contribution < -0.4 is 14.2 Å². The van der Waals surface area contributed by atoms with E-state index in [4.69, 9.17) is 18.6 Å². The number of hydrogen-bond acceptors (Lipinski definition) is 5. The van der Waals surface area contributed by atoms with Crippen LogP contribution in [0.1, 0.15) is 27.4 Å². The lowest BCUT2D eigenvalue weighted by molar-refractivity contribution is 0.104. The van der Waals surface area contributed by atoms with Gasteiger partial charge in [-0.15, -0.1) is 0 Å². The highest BCUT2D eigenvalue weighted by Crippen LogP contribution is 2.28. The van der Waals surface area contributed by atoms with Gasteiger partial charge in [0.1, 0.15) is 23.9 Å². The average Bonchev–Trinajstić information content (AvgIpc) is 3.18. The summed E-state index contributed by atoms with van der Waals surface area (Å²) in [7, 11) is 3.09. The van der Waals surface area contributed by atoms with E-state index in [9.17, 15) is 4.79 Å². The maximum Gasteiger partial charge on any atom is 0.186 e. The fourth-order valence-corrected chi connectivity index (χ4v) is 2.67. The minimum Gasteiger partial charge on any atom is -0.493 e. The Hall–Kier alpha value is -3.47. The van der Waals surface area contributed by atoms with Gasteiger partial charge in [-0.05, 0) is 61.0 Å². The van der Waals surface area contributed by atoms with Crippen molar-refractivity contribution in [2.24, 2.45) is 0 Å². The molecule has 5 nitrogen and oxygen atoms in total. The molecule has 2 aromatic carbocycles. The van der Waals surface area contributed by atoms with Gasteiger partial charge >= 0.3 is 0 Å². The second-order valence-corrected chi connectivity index (χ2v) is 6.13. The number of carbonyl (C=O) groups excluding carboxylic acids is 1. The highest BCUT2D eigenvalue weighted by molar-refractivity contribution is 6.07. The molecule has 0 aliphatic rings. The summed E-state index contributed by atoms with van der Waals surface area (Å²) < 4.78 is 21.9. The van der Waals surface area contributed by atoms with Gasteiger partial charge in [0, 0.05) is 5.56 Å². The lowest BCUT2D eigenvalue weighted by Gasteiger charge is -2.07. The Morgan fingerprint density at radius 3 is 2.50 bits per heavy atom. The number of para-hydroxylation sites is 1. The number of furan rings is 1. The van der Waals surface area contributed by atoms with E-state index < -0.39 is 0 Å². The zero-order valence-corrected chi connectivity index (χ0v) is 16.1. The van der Waals surface area contributed by atoms with E-state index in [1.54, 1.807) is 37.5 Å². The van der Waals surface area contributed by atoms with Crippen LogP contribution in [-0.4, -0.2) is 20.0 Å². The Labute approximate surface area is 164 Å². The Morgan fingerprint density at radius 1 is 0.964 bits per heavy atom. The number of hydrogen-bond donors (Lipinski definition) is 0. The van der Waals surface area contributed by atoms with Gasteiger partial charge in [0.15, 0.2) is 17.3 Å². The number of rotatable bonds is 8. The summed E-state index contributed by atoms with van der Waals surface area (Å²) in [6.07, 6.45) is 3.10. The Kier molecular flexibility index (Phi) is 6.17. The van der Waals surface area contributed by atoms with Crippen LogP contribution in [0.3, 0.4) is 0 Å². The fourth-order valence-electron chi connectivity index (χ4n) is 2.67. The van der Waals surface area contributed by atoms with E-state index in [1.165, 1.54) is 13.2 Å². The molecule has 0 radical (unpaired) electrons. The first-order valence-corrected chi connectivity index (χ1v) is 8.82. The van der Waals surface area contributed by atoms with Gasteiger partial charge in [0.25, 0.3) is 0 Å². The molecule has 144 valence electrons. The predicted molar refractivity (Wildman–Crippen MR) is 107 cm³/mol.